The lowest BCUT2D eigenvalue weighted by Crippen LogP contribution is -2.21. The van der Waals surface area contributed by atoms with Crippen LogP contribution in [-0.4, -0.2) is 42.5 Å². The molecule has 0 aliphatic carbocycles. The number of nitrogens with one attached hydrogen (secondary N) is 2. The van der Waals surface area contributed by atoms with Crippen LogP contribution < -0.4 is 15.4 Å². The van der Waals surface area contributed by atoms with Crippen LogP contribution in [0.5, 0.6) is 5.75 Å². The third-order valence-corrected chi connectivity index (χ3v) is 5.63. The van der Waals surface area contributed by atoms with Gasteiger partial charge in [-0.2, -0.15) is 4.98 Å². The number of hydrogen-bond donors (Lipinski definition) is 2. The number of ether oxygens (including phenoxy) is 1. The second-order valence-corrected chi connectivity index (χ2v) is 8.27. The van der Waals surface area contributed by atoms with Crippen LogP contribution in [0.15, 0.2) is 30.3 Å². The Bertz CT molecular complexity index is 837. The first-order chi connectivity index (χ1) is 11.9. The number of hydrogen-bond acceptors (Lipinski definition) is 7. The van der Waals surface area contributed by atoms with Crippen molar-refractivity contribution in [2.75, 3.05) is 28.7 Å². The molecule has 1 atom stereocenters. The van der Waals surface area contributed by atoms with Gasteiger partial charge in [-0.3, -0.25) is 0 Å². The maximum Gasteiger partial charge on any atom is 0.229 e. The number of sulfone groups is 1. The second kappa shape index (κ2) is 7.26. The summed E-state index contributed by atoms with van der Waals surface area (Å²) in [5, 5.41) is 6.36. The van der Waals surface area contributed by atoms with Crippen molar-refractivity contribution in [2.45, 2.75) is 26.3 Å². The highest BCUT2D eigenvalue weighted by atomic mass is 32.2. The summed E-state index contributed by atoms with van der Waals surface area (Å²) in [4.78, 5) is 8.82. The number of nitrogens with zero attached hydrogens (tertiary/aromatic N) is 2. The van der Waals surface area contributed by atoms with E-state index in [-0.39, 0.29) is 17.5 Å². The first kappa shape index (κ1) is 17.5. The van der Waals surface area contributed by atoms with E-state index in [1.807, 2.05) is 44.2 Å². The number of anilines is 3. The molecule has 1 aromatic carbocycles. The van der Waals surface area contributed by atoms with Crippen LogP contribution in [0.4, 0.5) is 17.5 Å². The largest absolute Gasteiger partial charge is 0.494 e. The van der Waals surface area contributed by atoms with E-state index in [9.17, 15) is 8.42 Å². The Morgan fingerprint density at radius 3 is 2.64 bits per heavy atom. The van der Waals surface area contributed by atoms with E-state index < -0.39 is 9.84 Å². The molecule has 1 aromatic heterocycles. The molecule has 0 amide bonds. The monoisotopic (exact) mass is 362 g/mol. The summed E-state index contributed by atoms with van der Waals surface area (Å²) in [5.41, 5.74) is 1.65. The van der Waals surface area contributed by atoms with Crippen molar-refractivity contribution in [3.05, 3.63) is 36.0 Å². The van der Waals surface area contributed by atoms with Gasteiger partial charge in [0.1, 0.15) is 11.6 Å². The Morgan fingerprint density at radius 2 is 2.00 bits per heavy atom. The van der Waals surface area contributed by atoms with Gasteiger partial charge in [0.15, 0.2) is 9.84 Å². The van der Waals surface area contributed by atoms with Crippen molar-refractivity contribution in [1.82, 2.24) is 9.97 Å². The Labute approximate surface area is 147 Å². The minimum Gasteiger partial charge on any atom is -0.494 e. The molecular weight excluding hydrogens is 340 g/mol. The molecule has 3 rings (SSSR count). The molecule has 0 spiro atoms. The van der Waals surface area contributed by atoms with Gasteiger partial charge in [-0.25, -0.2) is 13.4 Å². The number of rotatable bonds is 6. The van der Waals surface area contributed by atoms with Crippen molar-refractivity contribution in [2.24, 2.45) is 0 Å². The minimum atomic E-state index is -2.93. The molecule has 1 saturated heterocycles. The summed E-state index contributed by atoms with van der Waals surface area (Å²) in [5.74, 6) is 2.28. The molecule has 1 unspecified atom stereocenters. The molecule has 25 heavy (non-hydrogen) atoms. The van der Waals surface area contributed by atoms with E-state index in [4.69, 9.17) is 4.74 Å². The van der Waals surface area contributed by atoms with Crippen LogP contribution in [0.1, 0.15) is 19.0 Å². The molecule has 0 saturated carbocycles. The predicted octanol–water partition coefficient (Wildman–Crippen LogP) is 2.53. The topological polar surface area (TPSA) is 93.2 Å². The standard InChI is InChI=1S/C17H22N4O3S/c1-3-24-15-6-4-13(5-7-15)20-17-18-12(2)10-16(21-17)19-14-8-9-25(22,23)11-14/h4-7,10,14H,3,8-9,11H2,1-2H3,(H2,18,19,20,21). The molecule has 1 aliphatic heterocycles. The number of benzene rings is 1. The fraction of sp³-hybridized carbons (Fsp3) is 0.412. The van der Waals surface area contributed by atoms with Crippen molar-refractivity contribution in [3.63, 3.8) is 0 Å². The van der Waals surface area contributed by atoms with Gasteiger partial charge in [0.25, 0.3) is 0 Å². The van der Waals surface area contributed by atoms with E-state index in [1.165, 1.54) is 0 Å². The summed E-state index contributed by atoms with van der Waals surface area (Å²) in [6.07, 6.45) is 0.604. The fourth-order valence-corrected chi connectivity index (χ4v) is 4.42. The molecular formula is C17H22N4O3S. The van der Waals surface area contributed by atoms with Gasteiger partial charge in [-0.05, 0) is 44.5 Å². The van der Waals surface area contributed by atoms with Crippen LogP contribution in [0.2, 0.25) is 0 Å². The summed E-state index contributed by atoms with van der Waals surface area (Å²) in [6, 6.07) is 9.26. The smallest absolute Gasteiger partial charge is 0.229 e. The molecule has 7 nitrogen and oxygen atoms in total. The van der Waals surface area contributed by atoms with E-state index in [0.29, 0.717) is 24.8 Å². The Morgan fingerprint density at radius 1 is 1.24 bits per heavy atom. The maximum absolute atomic E-state index is 11.6. The molecule has 1 aliphatic rings. The third kappa shape index (κ3) is 4.82. The maximum atomic E-state index is 11.6. The third-order valence-electron chi connectivity index (χ3n) is 3.86. The Hall–Kier alpha value is -2.35. The average molecular weight is 362 g/mol. The van der Waals surface area contributed by atoms with E-state index in [0.717, 1.165) is 17.1 Å². The van der Waals surface area contributed by atoms with E-state index in [2.05, 4.69) is 20.6 Å². The Balaban J connectivity index is 1.70. The molecule has 2 aromatic rings. The normalized spacial score (nSPS) is 18.7. The minimum absolute atomic E-state index is 0.0994. The highest BCUT2D eigenvalue weighted by Gasteiger charge is 2.28. The number of aromatic nitrogens is 2. The van der Waals surface area contributed by atoms with Crippen LogP contribution in [0.3, 0.4) is 0 Å². The molecule has 2 N–H and O–H groups in total. The summed E-state index contributed by atoms with van der Waals surface area (Å²) in [6.45, 7) is 4.44. The van der Waals surface area contributed by atoms with Crippen molar-refractivity contribution < 1.29 is 13.2 Å². The van der Waals surface area contributed by atoms with E-state index >= 15 is 0 Å². The SMILES string of the molecule is CCOc1ccc(Nc2nc(C)cc(NC3CCS(=O)(=O)C3)n2)cc1. The van der Waals surface area contributed by atoms with Crippen LogP contribution in [0, 0.1) is 6.92 Å². The van der Waals surface area contributed by atoms with Gasteiger partial charge in [0, 0.05) is 23.5 Å². The molecule has 1 fully saturated rings. The second-order valence-electron chi connectivity index (χ2n) is 6.04. The molecule has 8 heteroatoms. The first-order valence-corrected chi connectivity index (χ1v) is 10.1. The highest BCUT2D eigenvalue weighted by molar-refractivity contribution is 7.91. The fourth-order valence-electron chi connectivity index (χ4n) is 2.75. The number of aryl methyl sites for hydroxylation is 1. The van der Waals surface area contributed by atoms with Gasteiger partial charge in [0.05, 0.1) is 18.1 Å². The van der Waals surface area contributed by atoms with Gasteiger partial charge >= 0.3 is 0 Å². The molecule has 0 bridgehead atoms. The van der Waals surface area contributed by atoms with E-state index in [1.54, 1.807) is 0 Å². The van der Waals surface area contributed by atoms with Crippen LogP contribution in [-0.2, 0) is 9.84 Å². The lowest BCUT2D eigenvalue weighted by atomic mass is 10.2. The summed E-state index contributed by atoms with van der Waals surface area (Å²) < 4.78 is 28.6. The van der Waals surface area contributed by atoms with Crippen LogP contribution >= 0.6 is 0 Å². The first-order valence-electron chi connectivity index (χ1n) is 8.26. The lowest BCUT2D eigenvalue weighted by Gasteiger charge is -2.13. The van der Waals surface area contributed by atoms with Crippen molar-refractivity contribution >= 4 is 27.3 Å². The zero-order valence-electron chi connectivity index (χ0n) is 14.3. The zero-order chi connectivity index (χ0) is 17.9. The van der Waals surface area contributed by atoms with Gasteiger partial charge in [-0.1, -0.05) is 0 Å². The zero-order valence-corrected chi connectivity index (χ0v) is 15.1. The lowest BCUT2D eigenvalue weighted by molar-refractivity contribution is 0.340. The van der Waals surface area contributed by atoms with Crippen molar-refractivity contribution in [3.8, 4) is 5.75 Å². The highest BCUT2D eigenvalue weighted by Crippen LogP contribution is 2.21. The summed E-state index contributed by atoms with van der Waals surface area (Å²) >= 11 is 0. The van der Waals surface area contributed by atoms with Gasteiger partial charge < -0.3 is 15.4 Å². The summed E-state index contributed by atoms with van der Waals surface area (Å²) in [7, 11) is -2.93. The van der Waals surface area contributed by atoms with Gasteiger partial charge in [-0.15, -0.1) is 0 Å². The average Bonchev–Trinajstić information content (AvgIpc) is 2.88. The Kier molecular flexibility index (Phi) is 5.08. The molecule has 0 radical (unpaired) electrons. The van der Waals surface area contributed by atoms with Gasteiger partial charge in [0.2, 0.25) is 5.95 Å². The van der Waals surface area contributed by atoms with Crippen LogP contribution in [0.25, 0.3) is 0 Å². The molecule has 134 valence electrons. The van der Waals surface area contributed by atoms with Crippen molar-refractivity contribution in [1.29, 1.82) is 0 Å². The molecule has 2 heterocycles. The quantitative estimate of drug-likeness (QED) is 0.815. The predicted molar refractivity (Wildman–Crippen MR) is 98.3 cm³/mol.